The molecule has 0 spiro atoms. The quantitative estimate of drug-likeness (QED) is 0.668. The number of aryl methyl sites for hydroxylation is 1. The van der Waals surface area contributed by atoms with E-state index in [1.807, 2.05) is 0 Å². The number of hydrogen-bond acceptors (Lipinski definition) is 3. The number of benzene rings is 2. The lowest BCUT2D eigenvalue weighted by Crippen LogP contribution is -2.34. The second-order valence-electron chi connectivity index (χ2n) is 7.03. The molecule has 0 aromatic heterocycles. The van der Waals surface area contributed by atoms with E-state index in [2.05, 4.69) is 5.32 Å². The van der Waals surface area contributed by atoms with Crippen LogP contribution in [-0.4, -0.2) is 27.1 Å². The van der Waals surface area contributed by atoms with Crippen LogP contribution in [0.1, 0.15) is 33.5 Å². The van der Waals surface area contributed by atoms with Gasteiger partial charge in [0.25, 0.3) is 5.91 Å². The van der Waals surface area contributed by atoms with Crippen molar-refractivity contribution in [2.45, 2.75) is 25.2 Å². The number of carbonyl (C=O) groups excluding carboxylic acids is 1. The van der Waals surface area contributed by atoms with Gasteiger partial charge in [-0.3, -0.25) is 9.10 Å². The Morgan fingerprint density at radius 1 is 0.968 bits per heavy atom. The number of nitrogens with zero attached hydrogens (tertiary/aromatic N) is 1. The van der Waals surface area contributed by atoms with E-state index in [0.717, 1.165) is 10.6 Å². The third-order valence-electron chi connectivity index (χ3n) is 4.67. The van der Waals surface area contributed by atoms with Crippen LogP contribution in [0.3, 0.4) is 0 Å². The first-order valence-electron chi connectivity index (χ1n) is 8.88. The van der Waals surface area contributed by atoms with Crippen LogP contribution in [0, 0.1) is 0 Å². The molecule has 12 heteroatoms. The first kappa shape index (κ1) is 22.9. The van der Waals surface area contributed by atoms with Gasteiger partial charge in [-0.1, -0.05) is 6.07 Å². The maximum Gasteiger partial charge on any atom is 0.416 e. The van der Waals surface area contributed by atoms with Crippen molar-refractivity contribution in [3.8, 4) is 0 Å². The smallest absolute Gasteiger partial charge is 0.322 e. The van der Waals surface area contributed by atoms with Gasteiger partial charge >= 0.3 is 12.4 Å². The average molecular weight is 466 g/mol. The van der Waals surface area contributed by atoms with Gasteiger partial charge in [-0.2, -0.15) is 26.3 Å². The largest absolute Gasteiger partial charge is 0.416 e. The predicted molar refractivity (Wildman–Crippen MR) is 101 cm³/mol. The summed E-state index contributed by atoms with van der Waals surface area (Å²) < 4.78 is 103. The molecule has 3 rings (SSSR count). The average Bonchev–Trinajstić information content (AvgIpc) is 2.65. The first-order chi connectivity index (χ1) is 14.2. The first-order valence-corrected chi connectivity index (χ1v) is 10.7. The minimum Gasteiger partial charge on any atom is -0.322 e. The third-order valence-corrected chi connectivity index (χ3v) is 5.85. The van der Waals surface area contributed by atoms with Gasteiger partial charge in [0, 0.05) is 17.8 Å². The monoisotopic (exact) mass is 466 g/mol. The minimum absolute atomic E-state index is 0.0327. The summed E-state index contributed by atoms with van der Waals surface area (Å²) >= 11 is 0. The van der Waals surface area contributed by atoms with E-state index in [9.17, 15) is 39.6 Å². The summed E-state index contributed by atoms with van der Waals surface area (Å²) in [5.74, 6) is -1.20. The van der Waals surface area contributed by atoms with Crippen molar-refractivity contribution >= 4 is 27.3 Å². The Labute approximate surface area is 173 Å². The molecule has 0 fully saturated rings. The Hall–Kier alpha value is -2.76. The Kier molecular flexibility index (Phi) is 5.72. The molecule has 168 valence electrons. The van der Waals surface area contributed by atoms with E-state index in [0.29, 0.717) is 36.2 Å². The number of nitrogens with one attached hydrogen (secondary N) is 1. The van der Waals surface area contributed by atoms with Gasteiger partial charge in [-0.05, 0) is 48.7 Å². The molecule has 1 heterocycles. The summed E-state index contributed by atoms with van der Waals surface area (Å²) in [5, 5.41) is 2.24. The zero-order chi connectivity index (χ0) is 23.2. The zero-order valence-corrected chi connectivity index (χ0v) is 16.7. The Balaban J connectivity index is 1.97. The van der Waals surface area contributed by atoms with E-state index in [-0.39, 0.29) is 18.3 Å². The van der Waals surface area contributed by atoms with E-state index in [4.69, 9.17) is 0 Å². The molecule has 0 unspecified atom stereocenters. The number of sulfonamides is 1. The zero-order valence-electron chi connectivity index (χ0n) is 15.9. The van der Waals surface area contributed by atoms with Crippen LogP contribution in [0.2, 0.25) is 0 Å². The van der Waals surface area contributed by atoms with Gasteiger partial charge in [-0.25, -0.2) is 8.42 Å². The van der Waals surface area contributed by atoms with Crippen molar-refractivity contribution in [2.75, 3.05) is 22.4 Å². The van der Waals surface area contributed by atoms with Gasteiger partial charge in [0.2, 0.25) is 10.0 Å². The summed E-state index contributed by atoms with van der Waals surface area (Å²) in [6.45, 7) is 0.214. The standard InChI is InChI=1S/C19H16F6N2O3S/c1-31(29,30)27-6-2-3-11-4-5-15(10-16(11)27)26-17(28)12-7-13(18(20,21)22)9-14(8-12)19(23,24)25/h4-5,7-10H,2-3,6H2,1H3,(H,26,28). The summed E-state index contributed by atoms with van der Waals surface area (Å²) in [6, 6.07) is 4.86. The molecule has 0 atom stereocenters. The summed E-state index contributed by atoms with van der Waals surface area (Å²) in [6.07, 6.45) is -8.00. The lowest BCUT2D eigenvalue weighted by atomic mass is 10.0. The fourth-order valence-corrected chi connectivity index (χ4v) is 4.24. The molecular formula is C19H16F6N2O3S. The second kappa shape index (κ2) is 7.74. The number of amides is 1. The lowest BCUT2D eigenvalue weighted by Gasteiger charge is -2.29. The van der Waals surface area contributed by atoms with E-state index in [1.54, 1.807) is 6.07 Å². The molecule has 0 radical (unpaired) electrons. The number of hydrogen-bond donors (Lipinski definition) is 1. The molecule has 2 aromatic carbocycles. The topological polar surface area (TPSA) is 66.5 Å². The van der Waals surface area contributed by atoms with Gasteiger partial charge in [-0.15, -0.1) is 0 Å². The highest BCUT2D eigenvalue weighted by atomic mass is 32.2. The molecule has 31 heavy (non-hydrogen) atoms. The number of anilines is 2. The normalized spacial score (nSPS) is 14.9. The molecule has 1 aliphatic heterocycles. The minimum atomic E-state index is -5.09. The van der Waals surface area contributed by atoms with Crippen molar-refractivity contribution < 1.29 is 39.6 Å². The fourth-order valence-electron chi connectivity index (χ4n) is 3.25. The van der Waals surface area contributed by atoms with Gasteiger partial charge in [0.05, 0.1) is 23.1 Å². The molecule has 0 aliphatic carbocycles. The van der Waals surface area contributed by atoms with Gasteiger partial charge in [0.15, 0.2) is 0 Å². The maximum absolute atomic E-state index is 13.0. The van der Waals surface area contributed by atoms with Crippen LogP contribution in [0.15, 0.2) is 36.4 Å². The molecule has 0 saturated carbocycles. The highest BCUT2D eigenvalue weighted by Gasteiger charge is 2.37. The van der Waals surface area contributed by atoms with Crippen LogP contribution in [0.5, 0.6) is 0 Å². The van der Waals surface area contributed by atoms with Crippen LogP contribution in [0.4, 0.5) is 37.7 Å². The third kappa shape index (κ3) is 5.12. The Bertz CT molecular complexity index is 1090. The lowest BCUT2D eigenvalue weighted by molar-refractivity contribution is -0.143. The highest BCUT2D eigenvalue weighted by Crippen LogP contribution is 2.37. The molecular weight excluding hydrogens is 450 g/mol. The number of rotatable bonds is 3. The van der Waals surface area contributed by atoms with E-state index in [1.165, 1.54) is 12.1 Å². The molecule has 1 aliphatic rings. The van der Waals surface area contributed by atoms with Gasteiger partial charge in [0.1, 0.15) is 0 Å². The molecule has 1 N–H and O–H groups in total. The van der Waals surface area contributed by atoms with Crippen LogP contribution >= 0.6 is 0 Å². The number of halogens is 6. The van der Waals surface area contributed by atoms with E-state index >= 15 is 0 Å². The van der Waals surface area contributed by atoms with Crippen LogP contribution in [0.25, 0.3) is 0 Å². The molecule has 5 nitrogen and oxygen atoms in total. The van der Waals surface area contributed by atoms with Crippen LogP contribution < -0.4 is 9.62 Å². The number of carbonyl (C=O) groups is 1. The van der Waals surface area contributed by atoms with Crippen molar-refractivity contribution in [1.29, 1.82) is 0 Å². The predicted octanol–water partition coefficient (Wildman–Crippen LogP) is 4.69. The summed E-state index contributed by atoms with van der Waals surface area (Å²) in [5.41, 5.74) is -3.04. The van der Waals surface area contributed by atoms with E-state index < -0.39 is 45.0 Å². The molecule has 1 amide bonds. The van der Waals surface area contributed by atoms with Gasteiger partial charge < -0.3 is 5.32 Å². The molecule has 0 bridgehead atoms. The van der Waals surface area contributed by atoms with Crippen molar-refractivity contribution in [3.63, 3.8) is 0 Å². The summed E-state index contributed by atoms with van der Waals surface area (Å²) in [4.78, 5) is 12.4. The Morgan fingerprint density at radius 2 is 1.55 bits per heavy atom. The summed E-state index contributed by atoms with van der Waals surface area (Å²) in [7, 11) is -3.61. The second-order valence-corrected chi connectivity index (χ2v) is 8.94. The van der Waals surface area contributed by atoms with Crippen molar-refractivity contribution in [1.82, 2.24) is 0 Å². The number of fused-ring (bicyclic) bond motifs is 1. The van der Waals surface area contributed by atoms with Crippen molar-refractivity contribution in [3.05, 3.63) is 58.7 Å². The van der Waals surface area contributed by atoms with Crippen LogP contribution in [-0.2, 0) is 28.8 Å². The molecule has 0 saturated heterocycles. The fraction of sp³-hybridized carbons (Fsp3) is 0.316. The number of alkyl halides is 6. The highest BCUT2D eigenvalue weighted by molar-refractivity contribution is 7.92. The van der Waals surface area contributed by atoms with Crippen molar-refractivity contribution in [2.24, 2.45) is 0 Å². The Morgan fingerprint density at radius 3 is 2.06 bits per heavy atom. The SMILES string of the molecule is CS(=O)(=O)N1CCCc2ccc(NC(=O)c3cc(C(F)(F)F)cc(C(F)(F)F)c3)cc21. The molecule has 2 aromatic rings. The maximum atomic E-state index is 13.0.